The first-order valence-electron chi connectivity index (χ1n) is 5.96. The van der Waals surface area contributed by atoms with E-state index in [1.54, 1.807) is 0 Å². The first kappa shape index (κ1) is 16.9. The fourth-order valence-electron chi connectivity index (χ4n) is 1.66. The number of halogens is 1. The lowest BCUT2D eigenvalue weighted by Crippen LogP contribution is -2.28. The summed E-state index contributed by atoms with van der Waals surface area (Å²) in [6.45, 7) is 4.61. The van der Waals surface area contributed by atoms with Crippen molar-refractivity contribution in [2.45, 2.75) is 18.7 Å². The third kappa shape index (κ3) is 4.45. The monoisotopic (exact) mass is 320 g/mol. The van der Waals surface area contributed by atoms with Crippen molar-refractivity contribution in [3.63, 3.8) is 0 Å². The number of carbonyl (C=O) groups excluding carboxylic acids is 1. The van der Waals surface area contributed by atoms with Crippen LogP contribution in [0.3, 0.4) is 0 Å². The highest BCUT2D eigenvalue weighted by Crippen LogP contribution is 2.23. The van der Waals surface area contributed by atoms with Gasteiger partial charge in [-0.2, -0.15) is 0 Å². The molecule has 20 heavy (non-hydrogen) atoms. The van der Waals surface area contributed by atoms with Gasteiger partial charge in [0.1, 0.15) is 0 Å². The van der Waals surface area contributed by atoms with Crippen molar-refractivity contribution in [2.75, 3.05) is 19.8 Å². The van der Waals surface area contributed by atoms with E-state index < -0.39 is 15.9 Å². The third-order valence-electron chi connectivity index (χ3n) is 2.61. The van der Waals surface area contributed by atoms with Crippen molar-refractivity contribution in [1.82, 2.24) is 5.32 Å². The molecule has 0 saturated carbocycles. The predicted octanol–water partition coefficient (Wildman–Crippen LogP) is 1.06. The number of hydrogen-bond acceptors (Lipinski definition) is 4. The van der Waals surface area contributed by atoms with Gasteiger partial charge in [0.05, 0.1) is 11.5 Å². The number of primary sulfonamides is 1. The van der Waals surface area contributed by atoms with Gasteiger partial charge in [0.2, 0.25) is 10.0 Å². The van der Waals surface area contributed by atoms with Crippen LogP contribution < -0.4 is 10.5 Å². The van der Waals surface area contributed by atoms with Crippen LogP contribution in [0.2, 0.25) is 5.02 Å². The molecule has 0 unspecified atom stereocenters. The molecule has 0 aromatic heterocycles. The van der Waals surface area contributed by atoms with Gasteiger partial charge in [-0.25, -0.2) is 13.6 Å². The van der Waals surface area contributed by atoms with E-state index in [1.807, 2.05) is 6.92 Å². The average molecular weight is 321 g/mol. The van der Waals surface area contributed by atoms with Crippen LogP contribution >= 0.6 is 11.6 Å². The molecule has 1 aromatic carbocycles. The molecule has 0 aliphatic carbocycles. The van der Waals surface area contributed by atoms with Gasteiger partial charge in [0, 0.05) is 23.7 Å². The first-order chi connectivity index (χ1) is 9.27. The van der Waals surface area contributed by atoms with Crippen molar-refractivity contribution >= 4 is 27.5 Å². The molecule has 3 N–H and O–H groups in total. The number of benzene rings is 1. The minimum atomic E-state index is -3.93. The lowest BCUT2D eigenvalue weighted by molar-refractivity contribution is 0.0921. The van der Waals surface area contributed by atoms with E-state index in [2.05, 4.69) is 5.32 Å². The molecule has 0 heterocycles. The van der Waals surface area contributed by atoms with Crippen LogP contribution in [0.1, 0.15) is 22.8 Å². The molecule has 1 amide bonds. The Morgan fingerprint density at radius 3 is 2.65 bits per heavy atom. The van der Waals surface area contributed by atoms with E-state index in [0.717, 1.165) is 0 Å². The Morgan fingerprint density at radius 1 is 1.45 bits per heavy atom. The lowest BCUT2D eigenvalue weighted by Gasteiger charge is -2.11. The van der Waals surface area contributed by atoms with Crippen molar-refractivity contribution < 1.29 is 17.9 Å². The number of sulfonamides is 1. The van der Waals surface area contributed by atoms with E-state index in [4.69, 9.17) is 21.5 Å². The minimum Gasteiger partial charge on any atom is -0.380 e. The molecule has 0 atom stereocenters. The second-order valence-electron chi connectivity index (χ2n) is 4.07. The van der Waals surface area contributed by atoms with Crippen LogP contribution in [-0.2, 0) is 14.8 Å². The van der Waals surface area contributed by atoms with Gasteiger partial charge in [-0.05, 0) is 31.5 Å². The second kappa shape index (κ2) is 7.03. The van der Waals surface area contributed by atoms with Crippen LogP contribution in [0.5, 0.6) is 0 Å². The minimum absolute atomic E-state index is 0.134. The third-order valence-corrected chi connectivity index (χ3v) is 3.87. The van der Waals surface area contributed by atoms with Crippen LogP contribution in [0.15, 0.2) is 17.0 Å². The van der Waals surface area contributed by atoms with E-state index >= 15 is 0 Å². The van der Waals surface area contributed by atoms with Gasteiger partial charge in [-0.1, -0.05) is 11.6 Å². The van der Waals surface area contributed by atoms with E-state index in [0.29, 0.717) is 19.8 Å². The Labute approximate surface area is 123 Å². The van der Waals surface area contributed by atoms with Gasteiger partial charge < -0.3 is 10.1 Å². The molecule has 0 fully saturated rings. The molecule has 0 bridgehead atoms. The average Bonchev–Trinajstić information content (AvgIpc) is 2.35. The quantitative estimate of drug-likeness (QED) is 0.766. The maximum Gasteiger partial charge on any atom is 0.251 e. The summed E-state index contributed by atoms with van der Waals surface area (Å²) in [6.07, 6.45) is 0. The molecule has 0 saturated heterocycles. The zero-order valence-electron chi connectivity index (χ0n) is 11.3. The molecule has 1 aromatic rings. The largest absolute Gasteiger partial charge is 0.380 e. The maximum atomic E-state index is 12.0. The highest BCUT2D eigenvalue weighted by molar-refractivity contribution is 7.89. The Morgan fingerprint density at radius 2 is 2.10 bits per heavy atom. The Balaban J connectivity index is 3.01. The second-order valence-corrected chi connectivity index (χ2v) is 6.04. The Kier molecular flexibility index (Phi) is 5.94. The van der Waals surface area contributed by atoms with Crippen LogP contribution in [0.4, 0.5) is 0 Å². The summed E-state index contributed by atoms with van der Waals surface area (Å²) >= 11 is 5.83. The molecule has 8 heteroatoms. The summed E-state index contributed by atoms with van der Waals surface area (Å²) in [7, 11) is -3.93. The van der Waals surface area contributed by atoms with Crippen molar-refractivity contribution in [3.05, 3.63) is 28.3 Å². The van der Waals surface area contributed by atoms with Gasteiger partial charge in [0.25, 0.3) is 5.91 Å². The summed E-state index contributed by atoms with van der Waals surface area (Å²) in [4.78, 5) is 11.8. The van der Waals surface area contributed by atoms with Gasteiger partial charge >= 0.3 is 0 Å². The standard InChI is InChI=1S/C12H17ClN2O4S/c1-3-19-5-4-15-12(16)10-6-9(13)7-11(8(10)2)20(14,17)18/h6-7H,3-5H2,1-2H3,(H,15,16)(H2,14,17,18). The molecular formula is C12H17ClN2O4S. The van der Waals surface area contributed by atoms with Crippen LogP contribution in [0, 0.1) is 6.92 Å². The first-order valence-corrected chi connectivity index (χ1v) is 7.88. The van der Waals surface area contributed by atoms with Gasteiger partial charge in [-0.15, -0.1) is 0 Å². The SMILES string of the molecule is CCOCCNC(=O)c1cc(Cl)cc(S(N)(=O)=O)c1C. The zero-order chi connectivity index (χ0) is 15.3. The summed E-state index contributed by atoms with van der Waals surface area (Å²) < 4.78 is 28.0. The number of ether oxygens (including phenoxy) is 1. The molecule has 0 spiro atoms. The van der Waals surface area contributed by atoms with Gasteiger partial charge in [-0.3, -0.25) is 4.79 Å². The molecule has 112 valence electrons. The smallest absolute Gasteiger partial charge is 0.251 e. The van der Waals surface area contributed by atoms with Crippen molar-refractivity contribution in [2.24, 2.45) is 5.14 Å². The van der Waals surface area contributed by atoms with Gasteiger partial charge in [0.15, 0.2) is 0 Å². The number of nitrogens with one attached hydrogen (secondary N) is 1. The highest BCUT2D eigenvalue weighted by atomic mass is 35.5. The number of nitrogens with two attached hydrogens (primary N) is 1. The molecule has 0 aliphatic rings. The molecule has 0 radical (unpaired) electrons. The molecule has 6 nitrogen and oxygen atoms in total. The molecule has 0 aliphatic heterocycles. The molecular weight excluding hydrogens is 304 g/mol. The number of hydrogen-bond donors (Lipinski definition) is 2. The Bertz CT molecular complexity index is 602. The molecule has 1 rings (SSSR count). The van der Waals surface area contributed by atoms with E-state index in [1.165, 1.54) is 19.1 Å². The summed E-state index contributed by atoms with van der Waals surface area (Å²) in [5.41, 5.74) is 0.448. The maximum absolute atomic E-state index is 12.0. The van der Waals surface area contributed by atoms with Crippen molar-refractivity contribution in [3.8, 4) is 0 Å². The predicted molar refractivity (Wildman–Crippen MR) is 76.4 cm³/mol. The van der Waals surface area contributed by atoms with E-state index in [9.17, 15) is 13.2 Å². The number of amides is 1. The van der Waals surface area contributed by atoms with E-state index in [-0.39, 0.29) is 21.0 Å². The number of rotatable bonds is 6. The fraction of sp³-hybridized carbons (Fsp3) is 0.417. The topological polar surface area (TPSA) is 98.5 Å². The summed E-state index contributed by atoms with van der Waals surface area (Å²) in [5.74, 6) is -0.422. The highest BCUT2D eigenvalue weighted by Gasteiger charge is 2.19. The normalized spacial score (nSPS) is 11.4. The fourth-order valence-corrected chi connectivity index (χ4v) is 2.77. The van der Waals surface area contributed by atoms with Crippen LogP contribution in [-0.4, -0.2) is 34.1 Å². The van der Waals surface area contributed by atoms with Crippen LogP contribution in [0.25, 0.3) is 0 Å². The number of carbonyl (C=O) groups is 1. The van der Waals surface area contributed by atoms with Crippen molar-refractivity contribution in [1.29, 1.82) is 0 Å². The lowest BCUT2D eigenvalue weighted by atomic mass is 10.1. The summed E-state index contributed by atoms with van der Waals surface area (Å²) in [6, 6.07) is 2.63. The summed E-state index contributed by atoms with van der Waals surface area (Å²) in [5, 5.41) is 7.85. The Hall–Kier alpha value is -1.15. The zero-order valence-corrected chi connectivity index (χ0v) is 12.8.